The molecule has 0 spiro atoms. The average molecular weight is 471 g/mol. The van der Waals surface area contributed by atoms with Gasteiger partial charge in [-0.25, -0.2) is 0 Å². The molecule has 1 aromatic heterocycles. The molecule has 1 aliphatic heterocycles. The van der Waals surface area contributed by atoms with Gasteiger partial charge in [0, 0.05) is 23.6 Å². The minimum atomic E-state index is -0.815. The minimum absolute atomic E-state index is 0.0236. The van der Waals surface area contributed by atoms with Crippen LogP contribution in [0.2, 0.25) is 0 Å². The van der Waals surface area contributed by atoms with E-state index in [0.29, 0.717) is 29.2 Å². The molecule has 2 aromatic carbocycles. The number of ether oxygens (including phenoxy) is 1. The molecule has 35 heavy (non-hydrogen) atoms. The van der Waals surface area contributed by atoms with E-state index in [0.717, 1.165) is 12.0 Å². The third-order valence-electron chi connectivity index (χ3n) is 6.04. The van der Waals surface area contributed by atoms with Gasteiger partial charge in [-0.05, 0) is 53.3 Å². The summed E-state index contributed by atoms with van der Waals surface area (Å²) in [4.78, 5) is 32.3. The zero-order valence-corrected chi connectivity index (χ0v) is 20.5. The highest BCUT2D eigenvalue weighted by atomic mass is 16.5. The first kappa shape index (κ1) is 24.2. The van der Waals surface area contributed by atoms with Gasteiger partial charge in [-0.2, -0.15) is 0 Å². The van der Waals surface area contributed by atoms with Gasteiger partial charge in [0.2, 0.25) is 0 Å². The molecule has 180 valence electrons. The van der Waals surface area contributed by atoms with Crippen molar-refractivity contribution in [1.82, 2.24) is 4.98 Å². The largest absolute Gasteiger partial charge is 0.507 e. The summed E-state index contributed by atoms with van der Waals surface area (Å²) in [6, 6.07) is 17.3. The molecule has 0 saturated carbocycles. The quantitative estimate of drug-likeness (QED) is 0.280. The van der Waals surface area contributed by atoms with Crippen LogP contribution in [-0.4, -0.2) is 28.4 Å². The van der Waals surface area contributed by atoms with Crippen molar-refractivity contribution in [2.45, 2.75) is 45.6 Å². The molecule has 6 heteroatoms. The second-order valence-electron chi connectivity index (χ2n) is 9.63. The van der Waals surface area contributed by atoms with Gasteiger partial charge in [-0.3, -0.25) is 19.5 Å². The molecule has 1 amide bonds. The molecule has 4 rings (SSSR count). The molecule has 1 unspecified atom stereocenters. The molecule has 0 radical (unpaired) electrons. The number of amides is 1. The van der Waals surface area contributed by atoms with Crippen molar-refractivity contribution in [3.63, 3.8) is 0 Å². The number of carbonyl (C=O) groups is 2. The van der Waals surface area contributed by atoms with Crippen LogP contribution in [-0.2, 0) is 15.0 Å². The Labute approximate surface area is 205 Å². The van der Waals surface area contributed by atoms with Crippen LogP contribution < -0.4 is 9.64 Å². The molecule has 2 heterocycles. The van der Waals surface area contributed by atoms with E-state index in [1.54, 1.807) is 48.8 Å². The maximum Gasteiger partial charge on any atom is 0.300 e. The Morgan fingerprint density at radius 1 is 1.06 bits per heavy atom. The summed E-state index contributed by atoms with van der Waals surface area (Å²) in [5.74, 6) is -1.09. The van der Waals surface area contributed by atoms with E-state index in [1.165, 1.54) is 4.90 Å². The molecule has 6 nitrogen and oxygen atoms in total. The van der Waals surface area contributed by atoms with Crippen molar-refractivity contribution >= 4 is 23.1 Å². The topological polar surface area (TPSA) is 79.7 Å². The van der Waals surface area contributed by atoms with Crippen LogP contribution in [0.1, 0.15) is 56.8 Å². The third-order valence-corrected chi connectivity index (χ3v) is 6.04. The highest BCUT2D eigenvalue weighted by molar-refractivity contribution is 6.51. The molecule has 3 aromatic rings. The molecular formula is C29H30N2O4. The summed E-state index contributed by atoms with van der Waals surface area (Å²) in [6.07, 6.45) is 4.08. The van der Waals surface area contributed by atoms with Gasteiger partial charge in [0.1, 0.15) is 11.5 Å². The number of Topliss-reactive ketones (excluding diaryl/α,β-unsaturated/α-hetero) is 1. The number of hydrogen-bond acceptors (Lipinski definition) is 5. The first-order valence-electron chi connectivity index (χ1n) is 11.8. The van der Waals surface area contributed by atoms with E-state index in [9.17, 15) is 14.7 Å². The van der Waals surface area contributed by atoms with Gasteiger partial charge >= 0.3 is 0 Å². The summed E-state index contributed by atoms with van der Waals surface area (Å²) >= 11 is 0. The fourth-order valence-electron chi connectivity index (χ4n) is 4.18. The molecule has 1 atom stereocenters. The Hall–Kier alpha value is -3.93. The number of aliphatic hydroxyl groups excluding tert-OH is 1. The van der Waals surface area contributed by atoms with E-state index in [1.807, 2.05) is 31.2 Å². The van der Waals surface area contributed by atoms with Crippen molar-refractivity contribution in [2.24, 2.45) is 0 Å². The molecular weight excluding hydrogens is 440 g/mol. The highest BCUT2D eigenvalue weighted by Crippen LogP contribution is 2.42. The lowest BCUT2D eigenvalue weighted by Gasteiger charge is -2.26. The number of hydrogen-bond donors (Lipinski definition) is 1. The van der Waals surface area contributed by atoms with Crippen LogP contribution in [0.3, 0.4) is 0 Å². The van der Waals surface area contributed by atoms with E-state index in [-0.39, 0.29) is 16.7 Å². The molecule has 1 saturated heterocycles. The van der Waals surface area contributed by atoms with Gasteiger partial charge in [0.05, 0.1) is 18.2 Å². The van der Waals surface area contributed by atoms with Gasteiger partial charge < -0.3 is 9.84 Å². The van der Waals surface area contributed by atoms with E-state index < -0.39 is 17.7 Å². The Morgan fingerprint density at radius 2 is 1.80 bits per heavy atom. The normalized spacial score (nSPS) is 17.6. The third kappa shape index (κ3) is 4.83. The fraction of sp³-hybridized carbons (Fsp3) is 0.276. The van der Waals surface area contributed by atoms with Gasteiger partial charge in [-0.1, -0.05) is 58.0 Å². The number of anilines is 1. The monoisotopic (exact) mass is 470 g/mol. The van der Waals surface area contributed by atoms with E-state index >= 15 is 0 Å². The lowest BCUT2D eigenvalue weighted by Crippen LogP contribution is -2.29. The Kier molecular flexibility index (Phi) is 6.74. The number of aliphatic hydroxyl groups is 1. The lowest BCUT2D eigenvalue weighted by molar-refractivity contribution is -0.132. The van der Waals surface area contributed by atoms with E-state index in [4.69, 9.17) is 4.74 Å². The summed E-state index contributed by atoms with van der Waals surface area (Å²) < 4.78 is 5.69. The predicted octanol–water partition coefficient (Wildman–Crippen LogP) is 5.79. The molecule has 0 bridgehead atoms. The van der Waals surface area contributed by atoms with E-state index in [2.05, 4.69) is 25.8 Å². The average Bonchev–Trinajstić information content (AvgIpc) is 3.13. The Morgan fingerprint density at radius 3 is 2.43 bits per heavy atom. The first-order valence-corrected chi connectivity index (χ1v) is 11.8. The van der Waals surface area contributed by atoms with Crippen molar-refractivity contribution in [2.75, 3.05) is 11.5 Å². The standard InChI is InChI=1S/C29H30N2O4/c1-5-16-35-23-10-6-8-19(17-23)26(32)24-25(20-9-7-15-30-18-20)31(28(34)27(24)33)22-13-11-21(12-14-22)29(2,3)4/h6-15,17-18,25,32H,5,16H2,1-4H3/b26-24+. The lowest BCUT2D eigenvalue weighted by atomic mass is 9.87. The Bertz CT molecular complexity index is 1260. The zero-order chi connectivity index (χ0) is 25.2. The van der Waals surface area contributed by atoms with Crippen LogP contribution in [0.4, 0.5) is 5.69 Å². The second-order valence-corrected chi connectivity index (χ2v) is 9.63. The van der Waals surface area contributed by atoms with Crippen LogP contribution in [0.15, 0.2) is 78.6 Å². The van der Waals surface area contributed by atoms with Gasteiger partial charge in [-0.15, -0.1) is 0 Å². The smallest absolute Gasteiger partial charge is 0.300 e. The van der Waals surface area contributed by atoms with Crippen molar-refractivity contribution in [3.05, 3.63) is 95.3 Å². The number of nitrogens with zero attached hydrogens (tertiary/aromatic N) is 2. The van der Waals surface area contributed by atoms with Crippen LogP contribution in [0.5, 0.6) is 5.75 Å². The summed E-state index contributed by atoms with van der Waals surface area (Å²) in [7, 11) is 0. The molecule has 1 aliphatic rings. The van der Waals surface area contributed by atoms with Crippen LogP contribution in [0, 0.1) is 0 Å². The number of ketones is 1. The number of rotatable bonds is 6. The summed E-state index contributed by atoms with van der Waals surface area (Å²) in [5.41, 5.74) is 2.70. The molecule has 0 aliphatic carbocycles. The SMILES string of the molecule is CCCOc1cccc(/C(O)=C2\C(=O)C(=O)N(c3ccc(C(C)(C)C)cc3)C2c2cccnc2)c1. The minimum Gasteiger partial charge on any atom is -0.507 e. The highest BCUT2D eigenvalue weighted by Gasteiger charge is 2.47. The first-order chi connectivity index (χ1) is 16.7. The molecule has 1 fully saturated rings. The van der Waals surface area contributed by atoms with Crippen LogP contribution in [0.25, 0.3) is 5.76 Å². The van der Waals surface area contributed by atoms with Crippen molar-refractivity contribution in [1.29, 1.82) is 0 Å². The van der Waals surface area contributed by atoms with Crippen LogP contribution >= 0.6 is 0 Å². The molecule has 1 N–H and O–H groups in total. The summed E-state index contributed by atoms with van der Waals surface area (Å²) in [5, 5.41) is 11.3. The van der Waals surface area contributed by atoms with Crippen molar-refractivity contribution < 1.29 is 19.4 Å². The Balaban J connectivity index is 1.85. The number of aromatic nitrogens is 1. The maximum atomic E-state index is 13.3. The predicted molar refractivity (Wildman–Crippen MR) is 136 cm³/mol. The zero-order valence-electron chi connectivity index (χ0n) is 20.5. The van der Waals surface area contributed by atoms with Gasteiger partial charge in [0.15, 0.2) is 0 Å². The number of pyridine rings is 1. The maximum absolute atomic E-state index is 13.3. The van der Waals surface area contributed by atoms with Crippen molar-refractivity contribution in [3.8, 4) is 5.75 Å². The summed E-state index contributed by atoms with van der Waals surface area (Å²) in [6.45, 7) is 8.88. The fourth-order valence-corrected chi connectivity index (χ4v) is 4.18. The number of benzene rings is 2. The number of carbonyl (C=O) groups excluding carboxylic acids is 2. The van der Waals surface area contributed by atoms with Gasteiger partial charge in [0.25, 0.3) is 11.7 Å². The second kappa shape index (κ2) is 9.74.